The van der Waals surface area contributed by atoms with Crippen molar-refractivity contribution in [2.24, 2.45) is 0 Å². The molecule has 0 saturated carbocycles. The minimum absolute atomic E-state index is 0.240. The molecule has 3 heteroatoms. The monoisotopic (exact) mass is 238 g/mol. The number of ether oxygens (including phenoxy) is 1. The molecule has 1 aromatic carbocycles. The predicted molar refractivity (Wildman–Crippen MR) is 68.2 cm³/mol. The van der Waals surface area contributed by atoms with Crippen LogP contribution in [0.1, 0.15) is 43.4 Å². The van der Waals surface area contributed by atoms with Crippen molar-refractivity contribution >= 4 is 0 Å². The van der Waals surface area contributed by atoms with Crippen LogP contribution in [0.4, 0.5) is 0 Å². The third kappa shape index (κ3) is 4.75. The molecular formula is C14H22O3. The summed E-state index contributed by atoms with van der Waals surface area (Å²) in [7, 11) is 0. The lowest BCUT2D eigenvalue weighted by Crippen LogP contribution is -2.03. The quantitative estimate of drug-likeness (QED) is 0.718. The van der Waals surface area contributed by atoms with Crippen LogP contribution in [0, 0.1) is 6.92 Å². The average molecular weight is 238 g/mol. The Morgan fingerprint density at radius 3 is 2.65 bits per heavy atom. The molecule has 0 bridgehead atoms. The van der Waals surface area contributed by atoms with E-state index >= 15 is 0 Å². The number of aliphatic hydroxyl groups is 2. The minimum atomic E-state index is -0.512. The van der Waals surface area contributed by atoms with E-state index in [9.17, 15) is 5.11 Å². The highest BCUT2D eigenvalue weighted by Gasteiger charge is 2.09. The van der Waals surface area contributed by atoms with Gasteiger partial charge in [0.25, 0.3) is 0 Å². The number of hydrogen-bond donors (Lipinski definition) is 2. The first-order chi connectivity index (χ1) is 8.15. The summed E-state index contributed by atoms with van der Waals surface area (Å²) in [6, 6.07) is 5.84. The van der Waals surface area contributed by atoms with Gasteiger partial charge in [-0.1, -0.05) is 11.6 Å². The maximum absolute atomic E-state index is 9.66. The lowest BCUT2D eigenvalue weighted by molar-refractivity contribution is 0.190. The van der Waals surface area contributed by atoms with Gasteiger partial charge >= 0.3 is 0 Å². The smallest absolute Gasteiger partial charge is 0.125 e. The van der Waals surface area contributed by atoms with Crippen LogP contribution in [0.2, 0.25) is 0 Å². The van der Waals surface area contributed by atoms with Gasteiger partial charge in [-0.2, -0.15) is 0 Å². The van der Waals surface area contributed by atoms with Crippen LogP contribution in [0.5, 0.6) is 5.75 Å². The predicted octanol–water partition coefficient (Wildman–Crippen LogP) is 2.59. The molecule has 0 aliphatic rings. The van der Waals surface area contributed by atoms with Crippen molar-refractivity contribution < 1.29 is 14.9 Å². The number of aliphatic hydroxyl groups excluding tert-OH is 2. The second-order valence-electron chi connectivity index (χ2n) is 4.35. The van der Waals surface area contributed by atoms with Crippen molar-refractivity contribution in [3.8, 4) is 5.75 Å². The van der Waals surface area contributed by atoms with E-state index in [0.717, 1.165) is 36.1 Å². The molecule has 1 aromatic rings. The lowest BCUT2D eigenvalue weighted by atomic mass is 10.1. The zero-order valence-corrected chi connectivity index (χ0v) is 10.6. The van der Waals surface area contributed by atoms with E-state index in [0.29, 0.717) is 6.61 Å². The molecule has 0 unspecified atom stereocenters. The summed E-state index contributed by atoms with van der Waals surface area (Å²) in [6.45, 7) is 4.61. The Morgan fingerprint density at radius 1 is 1.24 bits per heavy atom. The fraction of sp³-hybridized carbons (Fsp3) is 0.571. The zero-order chi connectivity index (χ0) is 12.7. The van der Waals surface area contributed by atoms with Gasteiger partial charge in [0.05, 0.1) is 12.7 Å². The van der Waals surface area contributed by atoms with Crippen molar-refractivity contribution in [1.29, 1.82) is 0 Å². The molecule has 1 atom stereocenters. The molecule has 0 fully saturated rings. The Labute approximate surface area is 103 Å². The number of unbranched alkanes of at least 4 members (excludes halogenated alkanes) is 2. The van der Waals surface area contributed by atoms with E-state index in [4.69, 9.17) is 9.84 Å². The van der Waals surface area contributed by atoms with Crippen molar-refractivity contribution in [2.45, 2.75) is 39.2 Å². The van der Waals surface area contributed by atoms with Gasteiger partial charge in [0.15, 0.2) is 0 Å². The van der Waals surface area contributed by atoms with Gasteiger partial charge in [0, 0.05) is 12.2 Å². The van der Waals surface area contributed by atoms with E-state index in [1.807, 2.05) is 25.1 Å². The standard InChI is InChI=1S/C14H22O3/c1-11-6-7-14(13(10-11)12(2)16)17-9-5-3-4-8-15/h6-7,10,12,15-16H,3-5,8-9H2,1-2H3/t12-/m0/s1. The van der Waals surface area contributed by atoms with Crippen LogP contribution < -0.4 is 4.74 Å². The highest BCUT2D eigenvalue weighted by molar-refractivity contribution is 5.38. The van der Waals surface area contributed by atoms with E-state index < -0.39 is 6.10 Å². The second kappa shape index (κ2) is 7.30. The van der Waals surface area contributed by atoms with Crippen molar-refractivity contribution in [3.05, 3.63) is 29.3 Å². The molecule has 0 spiro atoms. The van der Waals surface area contributed by atoms with Crippen LogP contribution in [-0.2, 0) is 0 Å². The first-order valence-corrected chi connectivity index (χ1v) is 6.17. The van der Waals surface area contributed by atoms with Gasteiger partial charge in [-0.3, -0.25) is 0 Å². The summed E-state index contributed by atoms with van der Waals surface area (Å²) in [5.41, 5.74) is 1.96. The van der Waals surface area contributed by atoms with E-state index in [1.165, 1.54) is 0 Å². The Balaban J connectivity index is 2.52. The highest BCUT2D eigenvalue weighted by Crippen LogP contribution is 2.26. The van der Waals surface area contributed by atoms with Gasteiger partial charge in [-0.15, -0.1) is 0 Å². The fourth-order valence-corrected chi connectivity index (χ4v) is 1.70. The zero-order valence-electron chi connectivity index (χ0n) is 10.6. The summed E-state index contributed by atoms with van der Waals surface area (Å²) in [5, 5.41) is 18.3. The maximum Gasteiger partial charge on any atom is 0.125 e. The molecule has 0 aromatic heterocycles. The minimum Gasteiger partial charge on any atom is -0.493 e. The molecule has 0 radical (unpaired) electrons. The highest BCUT2D eigenvalue weighted by atomic mass is 16.5. The molecular weight excluding hydrogens is 216 g/mol. The SMILES string of the molecule is Cc1ccc(OCCCCCO)c([C@H](C)O)c1. The molecule has 2 N–H and O–H groups in total. The topological polar surface area (TPSA) is 49.7 Å². The normalized spacial score (nSPS) is 12.5. The fourth-order valence-electron chi connectivity index (χ4n) is 1.70. The lowest BCUT2D eigenvalue weighted by Gasteiger charge is -2.14. The Hall–Kier alpha value is -1.06. The molecule has 0 heterocycles. The van der Waals surface area contributed by atoms with E-state index in [1.54, 1.807) is 6.92 Å². The van der Waals surface area contributed by atoms with Crippen molar-refractivity contribution in [2.75, 3.05) is 13.2 Å². The summed E-state index contributed by atoms with van der Waals surface area (Å²) in [5.74, 6) is 0.759. The number of benzene rings is 1. The third-order valence-electron chi connectivity index (χ3n) is 2.68. The van der Waals surface area contributed by atoms with Crippen LogP contribution >= 0.6 is 0 Å². The molecule has 3 nitrogen and oxygen atoms in total. The first kappa shape index (κ1) is 14.0. The average Bonchev–Trinajstić information content (AvgIpc) is 2.30. The molecule has 17 heavy (non-hydrogen) atoms. The largest absolute Gasteiger partial charge is 0.493 e. The Bertz CT molecular complexity index is 334. The van der Waals surface area contributed by atoms with Crippen molar-refractivity contribution in [1.82, 2.24) is 0 Å². The van der Waals surface area contributed by atoms with Crippen LogP contribution in [0.15, 0.2) is 18.2 Å². The number of hydrogen-bond acceptors (Lipinski definition) is 3. The Morgan fingerprint density at radius 2 is 2.00 bits per heavy atom. The molecule has 0 aliphatic carbocycles. The van der Waals surface area contributed by atoms with Gasteiger partial charge in [0.2, 0.25) is 0 Å². The number of aryl methyl sites for hydroxylation is 1. The van der Waals surface area contributed by atoms with Crippen LogP contribution in [0.3, 0.4) is 0 Å². The van der Waals surface area contributed by atoms with E-state index in [-0.39, 0.29) is 6.61 Å². The summed E-state index contributed by atoms with van der Waals surface area (Å²) in [6.07, 6.45) is 2.20. The van der Waals surface area contributed by atoms with Crippen LogP contribution in [-0.4, -0.2) is 23.4 Å². The van der Waals surface area contributed by atoms with Gasteiger partial charge in [-0.25, -0.2) is 0 Å². The number of rotatable bonds is 7. The maximum atomic E-state index is 9.66. The van der Waals surface area contributed by atoms with Crippen LogP contribution in [0.25, 0.3) is 0 Å². The summed E-state index contributed by atoms with van der Waals surface area (Å²) >= 11 is 0. The molecule has 0 saturated heterocycles. The summed E-state index contributed by atoms with van der Waals surface area (Å²) in [4.78, 5) is 0. The van der Waals surface area contributed by atoms with E-state index in [2.05, 4.69) is 0 Å². The third-order valence-corrected chi connectivity index (χ3v) is 2.68. The molecule has 0 amide bonds. The molecule has 0 aliphatic heterocycles. The van der Waals surface area contributed by atoms with Gasteiger partial charge < -0.3 is 14.9 Å². The second-order valence-corrected chi connectivity index (χ2v) is 4.35. The Kier molecular flexibility index (Phi) is 6.01. The first-order valence-electron chi connectivity index (χ1n) is 6.17. The summed E-state index contributed by atoms with van der Waals surface area (Å²) < 4.78 is 5.66. The molecule has 96 valence electrons. The van der Waals surface area contributed by atoms with Crippen molar-refractivity contribution in [3.63, 3.8) is 0 Å². The van der Waals surface area contributed by atoms with Gasteiger partial charge in [-0.05, 0) is 45.2 Å². The molecule has 1 rings (SSSR count). The van der Waals surface area contributed by atoms with Gasteiger partial charge in [0.1, 0.15) is 5.75 Å².